The van der Waals surface area contributed by atoms with Crippen molar-refractivity contribution in [3.63, 3.8) is 0 Å². The number of hydrogen-bond donors (Lipinski definition) is 1. The lowest BCUT2D eigenvalue weighted by Crippen LogP contribution is -2.71. The van der Waals surface area contributed by atoms with Gasteiger partial charge in [-0.05, 0) is 18.2 Å². The number of carbonyl (C=O) groups is 1. The van der Waals surface area contributed by atoms with E-state index in [1.807, 2.05) is 30.3 Å². The molecule has 0 spiro atoms. The number of nitrogens with zero attached hydrogens (tertiary/aromatic N) is 2. The molecule has 1 aliphatic rings. The average molecular weight is 394 g/mol. The van der Waals surface area contributed by atoms with Gasteiger partial charge < -0.3 is 9.15 Å². The quantitative estimate of drug-likeness (QED) is 0.395. The van der Waals surface area contributed by atoms with Crippen molar-refractivity contribution < 1.29 is 23.9 Å². The molecule has 4 rings (SSSR count). The predicted octanol–water partition coefficient (Wildman–Crippen LogP) is 0.693. The topological polar surface area (TPSA) is 117 Å². The van der Waals surface area contributed by atoms with Gasteiger partial charge >= 0.3 is 11.5 Å². The number of ether oxygens (including phenoxy) is 1. The molecule has 0 bridgehead atoms. The van der Waals surface area contributed by atoms with Gasteiger partial charge in [-0.15, -0.1) is 0 Å². The fourth-order valence-corrected chi connectivity index (χ4v) is 3.29. The van der Waals surface area contributed by atoms with E-state index in [4.69, 9.17) is 9.15 Å². The molecule has 2 aromatic carbocycles. The highest BCUT2D eigenvalue weighted by Gasteiger charge is 2.35. The van der Waals surface area contributed by atoms with E-state index in [0.29, 0.717) is 18.9 Å². The Balaban J connectivity index is 1.80. The third-order valence-electron chi connectivity index (χ3n) is 4.63. The Labute approximate surface area is 164 Å². The monoisotopic (exact) mass is 394 g/mol. The van der Waals surface area contributed by atoms with Crippen LogP contribution in [0.4, 0.5) is 5.69 Å². The molecule has 0 fully saturated rings. The van der Waals surface area contributed by atoms with Crippen molar-refractivity contribution in [2.75, 3.05) is 20.2 Å². The van der Waals surface area contributed by atoms with Crippen LogP contribution in [0.3, 0.4) is 0 Å². The van der Waals surface area contributed by atoms with Crippen LogP contribution in [0.25, 0.3) is 11.0 Å². The third-order valence-corrected chi connectivity index (χ3v) is 4.63. The van der Waals surface area contributed by atoms with Gasteiger partial charge in [-0.25, -0.2) is 9.59 Å². The van der Waals surface area contributed by atoms with E-state index in [1.54, 1.807) is 0 Å². The molecule has 0 radical (unpaired) electrons. The summed E-state index contributed by atoms with van der Waals surface area (Å²) >= 11 is 0. The van der Waals surface area contributed by atoms with Crippen molar-refractivity contribution in [3.8, 4) is 5.75 Å². The zero-order valence-electron chi connectivity index (χ0n) is 15.4. The minimum atomic E-state index is -0.839. The fraction of sp³-hybridized carbons (Fsp3) is 0.150. The molecule has 146 valence electrons. The van der Waals surface area contributed by atoms with Crippen LogP contribution < -0.4 is 15.4 Å². The molecular formula is C20H16N3O6+. The van der Waals surface area contributed by atoms with Crippen LogP contribution in [0.2, 0.25) is 0 Å². The number of rotatable bonds is 4. The maximum absolute atomic E-state index is 13.1. The van der Waals surface area contributed by atoms with Crippen LogP contribution in [0.15, 0.2) is 57.7 Å². The number of nitro groups is 1. The van der Waals surface area contributed by atoms with E-state index in [0.717, 1.165) is 5.56 Å². The van der Waals surface area contributed by atoms with Crippen molar-refractivity contribution in [1.82, 2.24) is 4.90 Å². The molecule has 0 aliphatic carbocycles. The summed E-state index contributed by atoms with van der Waals surface area (Å²) in [5.41, 5.74) is -0.431. The minimum Gasteiger partial charge on any atom is -0.493 e. The van der Waals surface area contributed by atoms with Crippen LogP contribution >= 0.6 is 0 Å². The highest BCUT2D eigenvalue weighted by molar-refractivity contribution is 6.11. The molecule has 3 aromatic rings. The maximum Gasteiger partial charge on any atom is 0.351 e. The Morgan fingerprint density at radius 1 is 1.24 bits per heavy atom. The van der Waals surface area contributed by atoms with Gasteiger partial charge in [0.25, 0.3) is 11.5 Å². The molecule has 2 heterocycles. The van der Waals surface area contributed by atoms with Gasteiger partial charge in [-0.3, -0.25) is 15.1 Å². The average Bonchev–Trinajstić information content (AvgIpc) is 3.22. The number of nitro benzene ring substituents is 1. The number of amidine groups is 1. The standard InChI is InChI=1S/C20H15N3O6/c1-28-16-11-14(23(26)27)9-13-10-15(20(25)29-17(13)16)19(24)22-8-7-21-18(22)12-5-3-2-4-6-12/h2-6,9-11H,7-8H2,1H3/p+1. The van der Waals surface area contributed by atoms with Gasteiger partial charge in [-0.1, -0.05) is 18.2 Å². The molecule has 0 saturated heterocycles. The zero-order valence-corrected chi connectivity index (χ0v) is 15.4. The zero-order chi connectivity index (χ0) is 20.5. The number of hydrogen-bond acceptors (Lipinski definition) is 6. The lowest BCUT2D eigenvalue weighted by Gasteiger charge is -2.11. The Morgan fingerprint density at radius 3 is 2.69 bits per heavy atom. The van der Waals surface area contributed by atoms with Crippen molar-refractivity contribution in [2.24, 2.45) is 0 Å². The van der Waals surface area contributed by atoms with Crippen molar-refractivity contribution in [2.45, 2.75) is 0 Å². The molecule has 9 heteroatoms. The first-order valence-electron chi connectivity index (χ1n) is 8.78. The lowest BCUT2D eigenvalue weighted by atomic mass is 10.1. The normalized spacial score (nSPS) is 13.4. The second kappa shape index (κ2) is 7.19. The minimum absolute atomic E-state index is 0.0460. The van der Waals surface area contributed by atoms with Gasteiger partial charge in [0.1, 0.15) is 13.1 Å². The molecule has 1 aliphatic heterocycles. The summed E-state index contributed by atoms with van der Waals surface area (Å²) in [6, 6.07) is 13.0. The van der Waals surface area contributed by atoms with Gasteiger partial charge in [0.2, 0.25) is 0 Å². The number of nitrogens with one attached hydrogen (secondary N) is 1. The van der Waals surface area contributed by atoms with E-state index >= 15 is 0 Å². The Bertz CT molecular complexity index is 1220. The van der Waals surface area contributed by atoms with Crippen LogP contribution in [-0.4, -0.2) is 41.8 Å². The number of methoxy groups -OCH3 is 1. The molecule has 0 atom stereocenters. The predicted molar refractivity (Wildman–Crippen MR) is 103 cm³/mol. The Hall–Kier alpha value is -4.01. The largest absolute Gasteiger partial charge is 0.493 e. The van der Waals surface area contributed by atoms with Crippen LogP contribution in [0, 0.1) is 10.1 Å². The molecule has 9 nitrogen and oxygen atoms in total. The van der Waals surface area contributed by atoms with E-state index in [1.165, 1.54) is 30.2 Å². The summed E-state index contributed by atoms with van der Waals surface area (Å²) in [5, 5.41) is 11.4. The molecule has 1 N–H and O–H groups in total. The van der Waals surface area contributed by atoms with Gasteiger partial charge in [0.15, 0.2) is 16.9 Å². The molecule has 29 heavy (non-hydrogen) atoms. The smallest absolute Gasteiger partial charge is 0.351 e. The first-order chi connectivity index (χ1) is 14.0. The Kier molecular flexibility index (Phi) is 4.55. The summed E-state index contributed by atoms with van der Waals surface area (Å²) in [5.74, 6) is 0.0892. The van der Waals surface area contributed by atoms with Crippen LogP contribution in [0.1, 0.15) is 15.9 Å². The van der Waals surface area contributed by atoms with Crippen molar-refractivity contribution in [1.29, 1.82) is 0 Å². The number of fused-ring (bicyclic) bond motifs is 1. The van der Waals surface area contributed by atoms with Crippen molar-refractivity contribution >= 4 is 28.4 Å². The maximum atomic E-state index is 13.1. The van der Waals surface area contributed by atoms with E-state index in [-0.39, 0.29) is 28.0 Å². The highest BCUT2D eigenvalue weighted by atomic mass is 16.6. The van der Waals surface area contributed by atoms with Gasteiger partial charge in [-0.2, -0.15) is 4.90 Å². The van der Waals surface area contributed by atoms with Crippen LogP contribution in [0.5, 0.6) is 5.75 Å². The number of benzene rings is 2. The van der Waals surface area contributed by atoms with E-state index in [9.17, 15) is 19.7 Å². The van der Waals surface area contributed by atoms with Gasteiger partial charge in [0.05, 0.1) is 23.7 Å². The van der Waals surface area contributed by atoms with Crippen molar-refractivity contribution in [3.05, 3.63) is 80.2 Å². The SMILES string of the molecule is COc1cc([N+](=O)[O-])cc2cc(C(=O)N3CC[NH+]=C3c3ccccc3)c(=O)oc12. The van der Waals surface area contributed by atoms with Crippen LogP contribution in [-0.2, 0) is 0 Å². The lowest BCUT2D eigenvalue weighted by molar-refractivity contribution is -0.444. The number of carbonyl (C=O) groups excluding carboxylic acids is 1. The fourth-order valence-electron chi connectivity index (χ4n) is 3.29. The number of amides is 1. The summed E-state index contributed by atoms with van der Waals surface area (Å²) in [7, 11) is 1.31. The second-order valence-electron chi connectivity index (χ2n) is 6.37. The molecule has 1 aromatic heterocycles. The second-order valence-corrected chi connectivity index (χ2v) is 6.37. The first-order valence-corrected chi connectivity index (χ1v) is 8.78. The van der Waals surface area contributed by atoms with Gasteiger partial charge in [0, 0.05) is 11.5 Å². The molecular weight excluding hydrogens is 378 g/mol. The van der Waals surface area contributed by atoms with E-state index < -0.39 is 16.5 Å². The summed E-state index contributed by atoms with van der Waals surface area (Å²) in [6.45, 7) is 0.910. The first kappa shape index (κ1) is 18.4. The number of non-ortho nitro benzene ring substituents is 1. The van der Waals surface area contributed by atoms with E-state index in [2.05, 4.69) is 4.99 Å². The summed E-state index contributed by atoms with van der Waals surface area (Å²) in [4.78, 5) is 40.8. The molecule has 0 unspecified atom stereocenters. The summed E-state index contributed by atoms with van der Waals surface area (Å²) < 4.78 is 10.4. The molecule has 0 saturated carbocycles. The third kappa shape index (κ3) is 3.22. The molecule has 1 amide bonds. The summed E-state index contributed by atoms with van der Waals surface area (Å²) in [6.07, 6.45) is 0. The highest BCUT2D eigenvalue weighted by Crippen LogP contribution is 2.30. The Morgan fingerprint density at radius 2 is 2.00 bits per heavy atom.